The van der Waals surface area contributed by atoms with Crippen LogP contribution in [-0.4, -0.2) is 32.4 Å². The molecule has 1 atom stereocenters. The molecule has 8 heteroatoms. The average molecular weight is 274 g/mol. The van der Waals surface area contributed by atoms with Crippen LogP contribution in [0.25, 0.3) is 0 Å². The molecule has 0 fully saturated rings. The Bertz CT molecular complexity index is 309. The number of amides is 1. The van der Waals surface area contributed by atoms with Crippen molar-refractivity contribution in [2.45, 2.75) is 26.9 Å². The van der Waals surface area contributed by atoms with Gasteiger partial charge in [-0.05, 0) is 20.8 Å². The van der Waals surface area contributed by atoms with Crippen LogP contribution < -0.4 is 0 Å². The number of hydrogen-bond acceptors (Lipinski definition) is 4. The quantitative estimate of drug-likeness (QED) is 0.484. The van der Waals surface area contributed by atoms with E-state index in [-0.39, 0.29) is 12.6 Å². The van der Waals surface area contributed by atoms with E-state index in [0.29, 0.717) is 4.67 Å². The van der Waals surface area contributed by atoms with Gasteiger partial charge in [-0.25, -0.2) is 9.46 Å². The topological polar surface area (TPSA) is 66.8 Å². The highest BCUT2D eigenvalue weighted by atomic mass is 35.5. The highest BCUT2D eigenvalue weighted by molar-refractivity contribution is 8.02. The minimum Gasteiger partial charge on any atom is -0.446 e. The fourth-order valence-corrected chi connectivity index (χ4v) is 2.20. The van der Waals surface area contributed by atoms with E-state index < -0.39 is 17.7 Å². The smallest absolute Gasteiger partial charge is 0.417 e. The predicted molar refractivity (Wildman–Crippen MR) is 62.3 cm³/mol. The highest BCUT2D eigenvalue weighted by Gasteiger charge is 2.36. The number of carbonyl (C=O) groups excluding carboxylic acids is 1. The summed E-state index contributed by atoms with van der Waals surface area (Å²) in [5.41, 5.74) is 0. The lowest BCUT2D eigenvalue weighted by atomic mass is 10.5. The highest BCUT2D eigenvalue weighted by Crippen LogP contribution is 2.48. The Balaban J connectivity index is 4.85. The summed E-state index contributed by atoms with van der Waals surface area (Å²) < 4.78 is 16.3. The summed E-state index contributed by atoms with van der Waals surface area (Å²) in [5.74, 6) is 0. The van der Waals surface area contributed by atoms with Crippen LogP contribution in [0.1, 0.15) is 20.8 Å². The van der Waals surface area contributed by atoms with Crippen molar-refractivity contribution in [3.05, 3.63) is 0 Å². The Morgan fingerprint density at radius 3 is 2.40 bits per heavy atom. The molecule has 0 aliphatic carbocycles. The molecule has 0 aromatic rings. The van der Waals surface area contributed by atoms with E-state index in [1.54, 1.807) is 13.8 Å². The summed E-state index contributed by atoms with van der Waals surface area (Å²) in [6.07, 6.45) is -1.28. The van der Waals surface area contributed by atoms with Crippen molar-refractivity contribution < 1.29 is 19.0 Å². The molecule has 0 heterocycles. The van der Waals surface area contributed by atoms with E-state index in [2.05, 4.69) is 12.2 Å². The van der Waals surface area contributed by atoms with Crippen molar-refractivity contribution in [1.29, 1.82) is 0 Å². The third-order valence-corrected chi connectivity index (χ3v) is 4.34. The van der Waals surface area contributed by atoms with E-state index >= 15 is 0 Å². The van der Waals surface area contributed by atoms with Gasteiger partial charge in [0.05, 0.1) is 6.10 Å². The van der Waals surface area contributed by atoms with Crippen LogP contribution in [0.15, 0.2) is 0 Å². The molecule has 0 saturated heterocycles. The molecule has 0 bridgehead atoms. The average Bonchev–Trinajstić information content (AvgIpc) is 2.02. The SMILES string of the molecule is CCN(C(=O)OC(C)C)P(=O)(O)C(=S)Cl. The lowest BCUT2D eigenvalue weighted by Gasteiger charge is -2.24. The molecule has 5 nitrogen and oxygen atoms in total. The first kappa shape index (κ1) is 14.8. The number of rotatable bonds is 4. The Morgan fingerprint density at radius 1 is 1.67 bits per heavy atom. The van der Waals surface area contributed by atoms with E-state index in [4.69, 9.17) is 16.3 Å². The second kappa shape index (κ2) is 5.80. The number of halogens is 1. The molecule has 0 spiro atoms. The molecule has 0 aromatic heterocycles. The minimum atomic E-state index is -4.13. The van der Waals surface area contributed by atoms with Gasteiger partial charge in [0.2, 0.25) is 0 Å². The molecule has 0 saturated carbocycles. The van der Waals surface area contributed by atoms with E-state index in [1.807, 2.05) is 0 Å². The zero-order valence-corrected chi connectivity index (χ0v) is 11.1. The van der Waals surface area contributed by atoms with E-state index in [9.17, 15) is 14.3 Å². The second-order valence-corrected chi connectivity index (χ2v) is 6.54. The molecule has 0 rings (SSSR count). The summed E-state index contributed by atoms with van der Waals surface area (Å²) in [5, 5.41) is 0. The Kier molecular flexibility index (Phi) is 5.73. The molecular formula is C7H13ClNO4PS. The molecule has 15 heavy (non-hydrogen) atoms. The molecule has 1 unspecified atom stereocenters. The first-order valence-electron chi connectivity index (χ1n) is 4.24. The number of thiocarbonyl (C=S) groups is 1. The fourth-order valence-electron chi connectivity index (χ4n) is 0.789. The maximum absolute atomic E-state index is 11.6. The zero-order chi connectivity index (χ0) is 12.2. The zero-order valence-electron chi connectivity index (χ0n) is 8.64. The van der Waals surface area contributed by atoms with Gasteiger partial charge in [-0.3, -0.25) is 4.57 Å². The molecule has 1 amide bonds. The van der Waals surface area contributed by atoms with Gasteiger partial charge in [0, 0.05) is 6.54 Å². The van der Waals surface area contributed by atoms with Gasteiger partial charge >= 0.3 is 13.6 Å². The maximum atomic E-state index is 11.6. The third-order valence-electron chi connectivity index (χ3n) is 1.40. The van der Waals surface area contributed by atoms with Crippen LogP contribution in [0.2, 0.25) is 0 Å². The molecule has 0 aromatic carbocycles. The molecule has 1 N–H and O–H groups in total. The number of carbonyl (C=O) groups is 1. The Morgan fingerprint density at radius 2 is 2.13 bits per heavy atom. The van der Waals surface area contributed by atoms with Gasteiger partial charge < -0.3 is 9.63 Å². The van der Waals surface area contributed by atoms with Gasteiger partial charge in [0.25, 0.3) is 0 Å². The van der Waals surface area contributed by atoms with Gasteiger partial charge in [0.1, 0.15) is 0 Å². The van der Waals surface area contributed by atoms with E-state index in [1.165, 1.54) is 6.92 Å². The van der Waals surface area contributed by atoms with Gasteiger partial charge in [-0.15, -0.1) is 0 Å². The lowest BCUT2D eigenvalue weighted by Crippen LogP contribution is -2.31. The van der Waals surface area contributed by atoms with E-state index in [0.717, 1.165) is 0 Å². The lowest BCUT2D eigenvalue weighted by molar-refractivity contribution is 0.0957. The van der Waals surface area contributed by atoms with Crippen LogP contribution in [0.4, 0.5) is 4.79 Å². The number of hydrogen-bond donors (Lipinski definition) is 1. The van der Waals surface area contributed by atoms with Crippen LogP contribution in [0, 0.1) is 0 Å². The van der Waals surface area contributed by atoms with Crippen LogP contribution >= 0.6 is 31.3 Å². The Labute approximate surface area is 98.9 Å². The summed E-state index contributed by atoms with van der Waals surface area (Å²) in [4.78, 5) is 20.8. The van der Waals surface area contributed by atoms with Gasteiger partial charge in [-0.1, -0.05) is 23.8 Å². The van der Waals surface area contributed by atoms with Crippen LogP contribution in [-0.2, 0) is 9.30 Å². The van der Waals surface area contributed by atoms with Crippen molar-refractivity contribution >= 4 is 41.5 Å². The first-order valence-corrected chi connectivity index (χ1v) is 6.64. The van der Waals surface area contributed by atoms with Crippen molar-refractivity contribution in [1.82, 2.24) is 4.67 Å². The van der Waals surface area contributed by atoms with Crippen molar-refractivity contribution in [2.75, 3.05) is 6.54 Å². The summed E-state index contributed by atoms with van der Waals surface area (Å²) >= 11 is 9.70. The van der Waals surface area contributed by atoms with Gasteiger partial charge in [-0.2, -0.15) is 0 Å². The largest absolute Gasteiger partial charge is 0.446 e. The predicted octanol–water partition coefficient (Wildman–Crippen LogP) is 2.56. The minimum absolute atomic E-state index is 0.00775. The Hall–Kier alpha value is -0.160. The monoisotopic (exact) mass is 273 g/mol. The van der Waals surface area contributed by atoms with Crippen LogP contribution in [0.3, 0.4) is 0 Å². The fraction of sp³-hybridized carbons (Fsp3) is 0.714. The molecule has 0 radical (unpaired) electrons. The molecule has 0 aliphatic heterocycles. The van der Waals surface area contributed by atoms with Crippen molar-refractivity contribution in [3.8, 4) is 0 Å². The van der Waals surface area contributed by atoms with Crippen molar-refractivity contribution in [2.24, 2.45) is 0 Å². The maximum Gasteiger partial charge on any atom is 0.417 e. The number of ether oxygens (including phenoxy) is 1. The first-order chi connectivity index (χ1) is 6.73. The second-order valence-electron chi connectivity index (χ2n) is 2.95. The third kappa shape index (κ3) is 4.07. The summed E-state index contributed by atoms with van der Waals surface area (Å²) in [6, 6.07) is 0. The number of nitrogens with zero attached hydrogens (tertiary/aromatic N) is 1. The summed E-state index contributed by atoms with van der Waals surface area (Å²) in [7, 11) is -4.13. The molecule has 0 aliphatic rings. The standard InChI is InChI=1S/C7H13ClNO4PS/c1-4-9(7(10)13-5(2)3)14(11,12)6(8)15/h5H,4H2,1-3H3,(H,11,12). The van der Waals surface area contributed by atoms with Crippen molar-refractivity contribution in [3.63, 3.8) is 0 Å². The van der Waals surface area contributed by atoms with Crippen LogP contribution in [0.5, 0.6) is 0 Å². The molecular weight excluding hydrogens is 261 g/mol. The van der Waals surface area contributed by atoms with Gasteiger partial charge in [0.15, 0.2) is 4.06 Å². The molecule has 88 valence electrons. The normalized spacial score (nSPS) is 14.5. The summed E-state index contributed by atoms with van der Waals surface area (Å²) in [6.45, 7) is 4.78.